The molecule has 0 saturated carbocycles. The zero-order valence-electron chi connectivity index (χ0n) is 12.9. The normalized spacial score (nSPS) is 26.8. The van der Waals surface area contributed by atoms with Crippen LogP contribution in [0.25, 0.3) is 0 Å². The van der Waals surface area contributed by atoms with Crippen LogP contribution in [-0.4, -0.2) is 41.5 Å². The molecule has 2 aliphatic rings. The first kappa shape index (κ1) is 15.4. The summed E-state index contributed by atoms with van der Waals surface area (Å²) >= 11 is 0. The van der Waals surface area contributed by atoms with E-state index in [1.807, 2.05) is 0 Å². The summed E-state index contributed by atoms with van der Waals surface area (Å²) in [5.41, 5.74) is -1.17. The second kappa shape index (κ2) is 5.17. The van der Waals surface area contributed by atoms with Gasteiger partial charge in [-0.2, -0.15) is 13.2 Å². The fourth-order valence-electron chi connectivity index (χ4n) is 3.60. The Morgan fingerprint density at radius 3 is 2.88 bits per heavy atom. The van der Waals surface area contributed by atoms with Gasteiger partial charge in [0.15, 0.2) is 0 Å². The lowest BCUT2D eigenvalue weighted by molar-refractivity contribution is -0.137. The lowest BCUT2D eigenvalue weighted by atomic mass is 9.81. The van der Waals surface area contributed by atoms with Crippen LogP contribution in [0.1, 0.15) is 17.3 Å². The number of alkyl halides is 3. The number of hydrogen-bond donors (Lipinski definition) is 0. The van der Waals surface area contributed by atoms with Crippen molar-refractivity contribution in [3.8, 4) is 0 Å². The van der Waals surface area contributed by atoms with Gasteiger partial charge in [0, 0.05) is 38.3 Å². The average molecular weight is 340 g/mol. The standard InChI is InChI=1S/C15H15F3N4O2/c1-9-20-21-13(24-9)14-7-22(5-10(14)6-23-8-14)12-2-3-19-4-11(12)15(16,17)18/h2-4,10H,5-8H2,1H3/t10-,14-/m0/s1. The van der Waals surface area contributed by atoms with E-state index in [0.717, 1.165) is 6.20 Å². The summed E-state index contributed by atoms with van der Waals surface area (Å²) in [6.07, 6.45) is -2.21. The summed E-state index contributed by atoms with van der Waals surface area (Å²) in [6, 6.07) is 1.40. The molecule has 0 spiro atoms. The molecule has 0 bridgehead atoms. The lowest BCUT2D eigenvalue weighted by Crippen LogP contribution is -2.36. The van der Waals surface area contributed by atoms with Crippen LogP contribution in [0.15, 0.2) is 22.9 Å². The molecule has 2 aromatic rings. The third-order valence-corrected chi connectivity index (χ3v) is 4.77. The van der Waals surface area contributed by atoms with Crippen molar-refractivity contribution in [2.45, 2.75) is 18.5 Å². The van der Waals surface area contributed by atoms with Gasteiger partial charge in [-0.1, -0.05) is 0 Å². The van der Waals surface area contributed by atoms with E-state index in [2.05, 4.69) is 15.2 Å². The summed E-state index contributed by atoms with van der Waals surface area (Å²) in [5, 5.41) is 7.96. The molecule has 2 fully saturated rings. The number of ether oxygens (including phenoxy) is 1. The van der Waals surface area contributed by atoms with E-state index in [9.17, 15) is 13.2 Å². The molecule has 0 aromatic carbocycles. The van der Waals surface area contributed by atoms with E-state index in [4.69, 9.17) is 9.15 Å². The number of anilines is 1. The molecule has 6 nitrogen and oxygen atoms in total. The first-order valence-electron chi connectivity index (χ1n) is 7.55. The molecule has 2 aliphatic heterocycles. The average Bonchev–Trinajstić information content (AvgIpc) is 3.19. The van der Waals surface area contributed by atoms with E-state index in [1.165, 1.54) is 12.3 Å². The molecule has 2 saturated heterocycles. The quantitative estimate of drug-likeness (QED) is 0.835. The molecule has 0 N–H and O–H groups in total. The maximum absolute atomic E-state index is 13.3. The molecule has 0 radical (unpaired) electrons. The Balaban J connectivity index is 1.72. The monoisotopic (exact) mass is 340 g/mol. The van der Waals surface area contributed by atoms with Gasteiger partial charge in [0.25, 0.3) is 0 Å². The predicted molar refractivity (Wildman–Crippen MR) is 76.5 cm³/mol. The first-order chi connectivity index (χ1) is 11.4. The van der Waals surface area contributed by atoms with Crippen LogP contribution in [0.5, 0.6) is 0 Å². The van der Waals surface area contributed by atoms with Crippen LogP contribution in [-0.2, 0) is 16.3 Å². The topological polar surface area (TPSA) is 64.3 Å². The van der Waals surface area contributed by atoms with Gasteiger partial charge in [-0.05, 0) is 6.07 Å². The van der Waals surface area contributed by atoms with Crippen LogP contribution >= 0.6 is 0 Å². The molecule has 0 amide bonds. The van der Waals surface area contributed by atoms with Crippen LogP contribution in [0.3, 0.4) is 0 Å². The molecular weight excluding hydrogens is 325 g/mol. The number of hydrogen-bond acceptors (Lipinski definition) is 6. The van der Waals surface area contributed by atoms with Crippen LogP contribution in [0.4, 0.5) is 18.9 Å². The number of halogens is 3. The molecule has 0 aliphatic carbocycles. The van der Waals surface area contributed by atoms with E-state index >= 15 is 0 Å². The van der Waals surface area contributed by atoms with Crippen molar-refractivity contribution < 1.29 is 22.3 Å². The van der Waals surface area contributed by atoms with E-state index in [0.29, 0.717) is 38.1 Å². The van der Waals surface area contributed by atoms with Gasteiger partial charge in [0.1, 0.15) is 0 Å². The number of rotatable bonds is 2. The molecule has 9 heteroatoms. The van der Waals surface area contributed by atoms with E-state index in [1.54, 1.807) is 11.8 Å². The highest BCUT2D eigenvalue weighted by atomic mass is 19.4. The highest BCUT2D eigenvalue weighted by Crippen LogP contribution is 2.46. The number of fused-ring (bicyclic) bond motifs is 1. The molecule has 4 heterocycles. The highest BCUT2D eigenvalue weighted by molar-refractivity contribution is 5.56. The molecule has 2 aromatic heterocycles. The van der Waals surface area contributed by atoms with Crippen molar-refractivity contribution in [1.82, 2.24) is 15.2 Å². The van der Waals surface area contributed by atoms with Crippen molar-refractivity contribution in [2.75, 3.05) is 31.2 Å². The smallest absolute Gasteiger partial charge is 0.419 e. The number of aryl methyl sites for hydroxylation is 1. The van der Waals surface area contributed by atoms with Crippen molar-refractivity contribution in [3.63, 3.8) is 0 Å². The van der Waals surface area contributed by atoms with Crippen molar-refractivity contribution in [1.29, 1.82) is 0 Å². The molecular formula is C15H15F3N4O2. The minimum absolute atomic E-state index is 0.00611. The fourth-order valence-corrected chi connectivity index (χ4v) is 3.60. The van der Waals surface area contributed by atoms with Crippen LogP contribution < -0.4 is 4.90 Å². The Morgan fingerprint density at radius 2 is 2.17 bits per heavy atom. The van der Waals surface area contributed by atoms with Gasteiger partial charge in [0.2, 0.25) is 11.8 Å². The second-order valence-corrected chi connectivity index (χ2v) is 6.27. The van der Waals surface area contributed by atoms with E-state index < -0.39 is 17.2 Å². The largest absolute Gasteiger partial charge is 0.425 e. The van der Waals surface area contributed by atoms with E-state index in [-0.39, 0.29) is 11.6 Å². The van der Waals surface area contributed by atoms with Gasteiger partial charge < -0.3 is 14.1 Å². The number of aromatic nitrogens is 3. The fraction of sp³-hybridized carbons (Fsp3) is 0.533. The van der Waals surface area contributed by atoms with Gasteiger partial charge in [-0.25, -0.2) is 0 Å². The first-order valence-corrected chi connectivity index (χ1v) is 7.55. The van der Waals surface area contributed by atoms with Crippen molar-refractivity contribution >= 4 is 5.69 Å². The van der Waals surface area contributed by atoms with Crippen LogP contribution in [0, 0.1) is 12.8 Å². The summed E-state index contributed by atoms with van der Waals surface area (Å²) in [7, 11) is 0. The molecule has 24 heavy (non-hydrogen) atoms. The lowest BCUT2D eigenvalue weighted by Gasteiger charge is -2.25. The zero-order valence-corrected chi connectivity index (χ0v) is 12.9. The van der Waals surface area contributed by atoms with Gasteiger partial charge in [-0.3, -0.25) is 4.98 Å². The second-order valence-electron chi connectivity index (χ2n) is 6.27. The maximum Gasteiger partial charge on any atom is 0.419 e. The SMILES string of the molecule is Cc1nnc([C@@]23COC[C@@H]2CN(c2ccncc2C(F)(F)F)C3)o1. The van der Waals surface area contributed by atoms with Crippen LogP contribution in [0.2, 0.25) is 0 Å². The van der Waals surface area contributed by atoms with Crippen molar-refractivity contribution in [2.24, 2.45) is 5.92 Å². The Bertz CT molecular complexity index is 763. The number of nitrogens with zero attached hydrogens (tertiary/aromatic N) is 4. The molecule has 128 valence electrons. The number of pyridine rings is 1. The van der Waals surface area contributed by atoms with Gasteiger partial charge in [0.05, 0.1) is 29.9 Å². The third-order valence-electron chi connectivity index (χ3n) is 4.77. The van der Waals surface area contributed by atoms with Gasteiger partial charge in [-0.15, -0.1) is 10.2 Å². The minimum atomic E-state index is -4.45. The zero-order chi connectivity index (χ0) is 16.9. The van der Waals surface area contributed by atoms with Crippen molar-refractivity contribution in [3.05, 3.63) is 35.8 Å². The Labute approximate surface area is 135 Å². The predicted octanol–water partition coefficient (Wildman–Crippen LogP) is 2.20. The summed E-state index contributed by atoms with van der Waals surface area (Å²) in [4.78, 5) is 5.34. The summed E-state index contributed by atoms with van der Waals surface area (Å²) < 4.78 is 51.0. The molecule has 2 atom stereocenters. The maximum atomic E-state index is 13.3. The summed E-state index contributed by atoms with van der Waals surface area (Å²) in [5.74, 6) is 0.877. The van der Waals surface area contributed by atoms with Gasteiger partial charge >= 0.3 is 6.18 Å². The molecule has 0 unspecified atom stereocenters. The summed E-state index contributed by atoms with van der Waals surface area (Å²) in [6.45, 7) is 3.29. The minimum Gasteiger partial charge on any atom is -0.425 e. The molecule has 4 rings (SSSR count). The Kier molecular flexibility index (Phi) is 3.31. The highest BCUT2D eigenvalue weighted by Gasteiger charge is 2.56. The third kappa shape index (κ3) is 2.26. The Morgan fingerprint density at radius 1 is 1.33 bits per heavy atom. The Hall–Kier alpha value is -2.16.